The Hall–Kier alpha value is -2.93. The van der Waals surface area contributed by atoms with Crippen LogP contribution >= 0.6 is 12.2 Å². The number of ether oxygens (including phenoxy) is 1. The van der Waals surface area contributed by atoms with Gasteiger partial charge in [0.15, 0.2) is 5.82 Å². The molecule has 3 rings (SSSR count). The Morgan fingerprint density at radius 3 is 2.70 bits per heavy atom. The molecule has 2 aromatic carbocycles. The van der Waals surface area contributed by atoms with Crippen LogP contribution in [0.2, 0.25) is 0 Å². The van der Waals surface area contributed by atoms with Crippen LogP contribution in [0.25, 0.3) is 0 Å². The zero-order valence-electron chi connectivity index (χ0n) is 15.5. The van der Waals surface area contributed by atoms with Crippen molar-refractivity contribution in [3.05, 3.63) is 69.8 Å². The minimum Gasteiger partial charge on any atom is -0.508 e. The molecular weight excluding hydrogens is 360 g/mol. The molecule has 7 heteroatoms. The van der Waals surface area contributed by atoms with Gasteiger partial charge in [-0.1, -0.05) is 26.0 Å². The van der Waals surface area contributed by atoms with E-state index in [4.69, 9.17) is 17.0 Å². The molecule has 0 saturated heterocycles. The topological polar surface area (TPSA) is 75.4 Å². The zero-order valence-corrected chi connectivity index (χ0v) is 16.3. The lowest BCUT2D eigenvalue weighted by Crippen LogP contribution is -2.06. The van der Waals surface area contributed by atoms with E-state index in [0.29, 0.717) is 16.5 Å². The Morgan fingerprint density at radius 1 is 1.26 bits per heavy atom. The molecule has 0 amide bonds. The highest BCUT2D eigenvalue weighted by Crippen LogP contribution is 2.28. The third-order valence-electron chi connectivity index (χ3n) is 4.08. The van der Waals surface area contributed by atoms with Crippen LogP contribution in [0.5, 0.6) is 11.5 Å². The summed E-state index contributed by atoms with van der Waals surface area (Å²) in [4.78, 5) is 0. The maximum atomic E-state index is 9.36. The van der Waals surface area contributed by atoms with Crippen LogP contribution in [0.4, 0.5) is 0 Å². The summed E-state index contributed by atoms with van der Waals surface area (Å²) >= 11 is 5.26. The van der Waals surface area contributed by atoms with Crippen LogP contribution in [0.3, 0.4) is 0 Å². The fourth-order valence-corrected chi connectivity index (χ4v) is 2.81. The van der Waals surface area contributed by atoms with Gasteiger partial charge in [0.2, 0.25) is 4.77 Å². The van der Waals surface area contributed by atoms with Crippen molar-refractivity contribution in [3.8, 4) is 11.5 Å². The first kappa shape index (κ1) is 18.8. The second-order valence-electron chi connectivity index (χ2n) is 6.58. The van der Waals surface area contributed by atoms with Crippen molar-refractivity contribution in [2.24, 2.45) is 5.10 Å². The van der Waals surface area contributed by atoms with E-state index in [2.05, 4.69) is 41.3 Å². The summed E-state index contributed by atoms with van der Waals surface area (Å²) in [5, 5.41) is 20.7. The number of aromatic amines is 1. The average Bonchev–Trinajstić information content (AvgIpc) is 2.99. The molecule has 0 bridgehead atoms. The van der Waals surface area contributed by atoms with Crippen LogP contribution < -0.4 is 4.74 Å². The van der Waals surface area contributed by atoms with Gasteiger partial charge >= 0.3 is 0 Å². The maximum Gasteiger partial charge on any atom is 0.216 e. The minimum atomic E-state index is 0.209. The molecule has 0 aliphatic heterocycles. The van der Waals surface area contributed by atoms with Crippen LogP contribution in [0, 0.1) is 11.7 Å². The quantitative estimate of drug-likeness (QED) is 0.485. The average molecular weight is 382 g/mol. The zero-order chi connectivity index (χ0) is 19.4. The molecule has 1 heterocycles. The molecule has 0 aliphatic carbocycles. The van der Waals surface area contributed by atoms with Crippen LogP contribution in [-0.4, -0.2) is 26.2 Å². The van der Waals surface area contributed by atoms with E-state index in [1.54, 1.807) is 30.5 Å². The Bertz CT molecular complexity index is 1000. The molecule has 0 fully saturated rings. The number of aromatic nitrogens is 3. The SMILES string of the molecule is Cc1ccc(C(C)C)c(OCc2n[nH]c(=S)n2/N=C/c2ccc(O)cc2)c1. The van der Waals surface area contributed by atoms with Gasteiger partial charge in [0, 0.05) is 0 Å². The number of aryl methyl sites for hydroxylation is 1. The van der Waals surface area contributed by atoms with E-state index >= 15 is 0 Å². The van der Waals surface area contributed by atoms with E-state index in [1.807, 2.05) is 13.0 Å². The van der Waals surface area contributed by atoms with Crippen molar-refractivity contribution in [3.63, 3.8) is 0 Å². The standard InChI is InChI=1S/C20H22N4O2S/c1-13(2)17-9-4-14(3)10-18(17)26-12-19-22-23-20(27)24(19)21-11-15-5-7-16(25)8-6-15/h4-11,13,25H,12H2,1-3H3,(H,23,27)/b21-11+. The smallest absolute Gasteiger partial charge is 0.216 e. The molecule has 0 atom stereocenters. The Kier molecular flexibility index (Phi) is 5.71. The molecule has 1 aromatic heterocycles. The molecule has 2 N–H and O–H groups in total. The molecular formula is C20H22N4O2S. The van der Waals surface area contributed by atoms with E-state index < -0.39 is 0 Å². The van der Waals surface area contributed by atoms with Gasteiger partial charge < -0.3 is 9.84 Å². The number of rotatable bonds is 6. The Balaban J connectivity index is 1.80. The second-order valence-corrected chi connectivity index (χ2v) is 6.96. The number of H-pyrrole nitrogens is 1. The van der Waals surface area contributed by atoms with Crippen LogP contribution in [-0.2, 0) is 6.61 Å². The maximum absolute atomic E-state index is 9.36. The Morgan fingerprint density at radius 2 is 2.00 bits per heavy atom. The number of nitrogens with zero attached hydrogens (tertiary/aromatic N) is 3. The third kappa shape index (κ3) is 4.62. The van der Waals surface area contributed by atoms with Crippen molar-refractivity contribution in [2.75, 3.05) is 0 Å². The molecule has 0 saturated carbocycles. The van der Waals surface area contributed by atoms with Gasteiger partial charge in [0.05, 0.1) is 6.21 Å². The van der Waals surface area contributed by atoms with Crippen molar-refractivity contribution < 1.29 is 9.84 Å². The normalized spacial score (nSPS) is 11.4. The van der Waals surface area contributed by atoms with Crippen molar-refractivity contribution in [1.29, 1.82) is 0 Å². The monoisotopic (exact) mass is 382 g/mol. The number of hydrogen-bond donors (Lipinski definition) is 2. The number of hydrogen-bond acceptors (Lipinski definition) is 5. The molecule has 6 nitrogen and oxygen atoms in total. The number of nitrogens with one attached hydrogen (secondary N) is 1. The van der Waals surface area contributed by atoms with Crippen LogP contribution in [0.15, 0.2) is 47.6 Å². The first-order chi connectivity index (χ1) is 12.9. The second kappa shape index (κ2) is 8.18. The van der Waals surface area contributed by atoms with Crippen LogP contribution in [0.1, 0.15) is 42.3 Å². The van der Waals surface area contributed by atoms with Gasteiger partial charge in [-0.15, -0.1) is 0 Å². The lowest BCUT2D eigenvalue weighted by Gasteiger charge is -2.14. The molecule has 0 radical (unpaired) electrons. The fraction of sp³-hybridized carbons (Fsp3) is 0.250. The predicted molar refractivity (Wildman–Crippen MR) is 108 cm³/mol. The summed E-state index contributed by atoms with van der Waals surface area (Å²) < 4.78 is 7.95. The first-order valence-corrected chi connectivity index (χ1v) is 9.08. The fourth-order valence-electron chi connectivity index (χ4n) is 2.61. The summed E-state index contributed by atoms with van der Waals surface area (Å²) in [5.41, 5.74) is 3.12. The van der Waals surface area contributed by atoms with Crippen molar-refractivity contribution in [1.82, 2.24) is 14.9 Å². The molecule has 27 heavy (non-hydrogen) atoms. The summed E-state index contributed by atoms with van der Waals surface area (Å²) in [5.74, 6) is 1.98. The van der Waals surface area contributed by atoms with Gasteiger partial charge in [-0.3, -0.25) is 0 Å². The first-order valence-electron chi connectivity index (χ1n) is 8.67. The van der Waals surface area contributed by atoms with Gasteiger partial charge in [-0.05, 0) is 72.1 Å². The molecule has 0 spiro atoms. The van der Waals surface area contributed by atoms with Crippen molar-refractivity contribution >= 4 is 18.4 Å². The van der Waals surface area contributed by atoms with Gasteiger partial charge in [0.25, 0.3) is 0 Å². The molecule has 0 aliphatic rings. The lowest BCUT2D eigenvalue weighted by atomic mass is 10.0. The number of aromatic hydroxyl groups is 1. The highest BCUT2D eigenvalue weighted by Gasteiger charge is 2.11. The van der Waals surface area contributed by atoms with Gasteiger partial charge in [-0.2, -0.15) is 14.9 Å². The number of phenolic OH excluding ortho intramolecular Hbond substituents is 1. The predicted octanol–water partition coefficient (Wildman–Crippen LogP) is 4.54. The molecule has 140 valence electrons. The van der Waals surface area contributed by atoms with E-state index in [1.165, 1.54) is 4.68 Å². The summed E-state index contributed by atoms with van der Waals surface area (Å²) in [6.45, 7) is 6.54. The van der Waals surface area contributed by atoms with E-state index in [-0.39, 0.29) is 12.4 Å². The number of benzene rings is 2. The van der Waals surface area contributed by atoms with E-state index in [0.717, 1.165) is 22.4 Å². The molecule has 3 aromatic rings. The summed E-state index contributed by atoms with van der Waals surface area (Å²) in [6, 6.07) is 12.9. The van der Waals surface area contributed by atoms with Gasteiger partial charge in [0.1, 0.15) is 18.1 Å². The highest BCUT2D eigenvalue weighted by atomic mass is 32.1. The summed E-state index contributed by atoms with van der Waals surface area (Å²) in [6.07, 6.45) is 1.65. The van der Waals surface area contributed by atoms with Crippen molar-refractivity contribution in [2.45, 2.75) is 33.3 Å². The minimum absolute atomic E-state index is 0.209. The lowest BCUT2D eigenvalue weighted by molar-refractivity contribution is 0.286. The van der Waals surface area contributed by atoms with Gasteiger partial charge in [-0.25, -0.2) is 5.10 Å². The third-order valence-corrected chi connectivity index (χ3v) is 4.34. The van der Waals surface area contributed by atoms with E-state index in [9.17, 15) is 5.11 Å². The largest absolute Gasteiger partial charge is 0.508 e. The molecule has 0 unspecified atom stereocenters. The summed E-state index contributed by atoms with van der Waals surface area (Å²) in [7, 11) is 0. The highest BCUT2D eigenvalue weighted by molar-refractivity contribution is 7.71. The number of phenols is 1. The Labute approximate surface area is 163 Å².